The maximum atomic E-state index is 13.3. The smallest absolute Gasteiger partial charge is 0.262 e. The Kier molecular flexibility index (Phi) is 6.75. The van der Waals surface area contributed by atoms with Gasteiger partial charge in [0, 0.05) is 30.2 Å². The second kappa shape index (κ2) is 9.31. The highest BCUT2D eigenvalue weighted by Gasteiger charge is 2.24. The second-order valence-corrected chi connectivity index (χ2v) is 9.16. The molecule has 1 unspecified atom stereocenters. The SMILES string of the molecule is CCN(C(=O)c1ccc(C)c(S(=O)(=O)Nc2ccc(C)cc2)c1)C(C)c1cccnc1. The molecule has 1 N–H and O–H groups in total. The van der Waals surface area contributed by atoms with Crippen molar-refractivity contribution < 1.29 is 13.2 Å². The van der Waals surface area contributed by atoms with Crippen LogP contribution in [0.25, 0.3) is 0 Å². The fourth-order valence-corrected chi connectivity index (χ4v) is 4.75. The Balaban J connectivity index is 1.91. The van der Waals surface area contributed by atoms with Crippen LogP contribution in [0.5, 0.6) is 0 Å². The number of sulfonamides is 1. The van der Waals surface area contributed by atoms with Crippen LogP contribution in [-0.2, 0) is 10.0 Å². The molecule has 0 saturated heterocycles. The first-order chi connectivity index (χ1) is 14.7. The summed E-state index contributed by atoms with van der Waals surface area (Å²) in [6.07, 6.45) is 3.42. The number of nitrogens with one attached hydrogen (secondary N) is 1. The van der Waals surface area contributed by atoms with Crippen molar-refractivity contribution in [2.24, 2.45) is 0 Å². The Morgan fingerprint density at radius 1 is 1.10 bits per heavy atom. The van der Waals surface area contributed by atoms with Crippen LogP contribution in [0.4, 0.5) is 5.69 Å². The van der Waals surface area contributed by atoms with Crippen molar-refractivity contribution in [1.82, 2.24) is 9.88 Å². The fourth-order valence-electron chi connectivity index (χ4n) is 3.42. The number of benzene rings is 2. The molecule has 162 valence electrons. The van der Waals surface area contributed by atoms with E-state index in [4.69, 9.17) is 0 Å². The van der Waals surface area contributed by atoms with Crippen molar-refractivity contribution in [3.63, 3.8) is 0 Å². The van der Waals surface area contributed by atoms with E-state index in [1.54, 1.807) is 48.5 Å². The van der Waals surface area contributed by atoms with Gasteiger partial charge in [-0.25, -0.2) is 8.42 Å². The average Bonchev–Trinajstić information content (AvgIpc) is 2.76. The Labute approximate surface area is 184 Å². The van der Waals surface area contributed by atoms with Crippen LogP contribution in [-0.4, -0.2) is 30.8 Å². The number of aryl methyl sites for hydroxylation is 2. The first-order valence-corrected chi connectivity index (χ1v) is 11.6. The van der Waals surface area contributed by atoms with Gasteiger partial charge in [0.25, 0.3) is 15.9 Å². The second-order valence-electron chi connectivity index (χ2n) is 7.51. The fraction of sp³-hybridized carbons (Fsp3) is 0.250. The van der Waals surface area contributed by atoms with E-state index < -0.39 is 10.0 Å². The molecular weight excluding hydrogens is 410 g/mol. The van der Waals surface area contributed by atoms with E-state index in [-0.39, 0.29) is 16.8 Å². The molecule has 0 radical (unpaired) electrons. The molecular formula is C24H27N3O3S. The Morgan fingerprint density at radius 2 is 1.81 bits per heavy atom. The molecule has 1 atom stereocenters. The molecule has 1 aromatic heterocycles. The predicted octanol–water partition coefficient (Wildman–Crippen LogP) is 4.72. The molecule has 1 heterocycles. The van der Waals surface area contributed by atoms with Gasteiger partial charge in [0.2, 0.25) is 0 Å². The monoisotopic (exact) mass is 437 g/mol. The van der Waals surface area contributed by atoms with E-state index in [9.17, 15) is 13.2 Å². The average molecular weight is 438 g/mol. The van der Waals surface area contributed by atoms with Crippen LogP contribution in [0.1, 0.15) is 46.9 Å². The normalized spacial score (nSPS) is 12.3. The van der Waals surface area contributed by atoms with Crippen molar-refractivity contribution in [3.8, 4) is 0 Å². The molecule has 0 spiro atoms. The van der Waals surface area contributed by atoms with Gasteiger partial charge in [-0.05, 0) is 69.2 Å². The van der Waals surface area contributed by atoms with Gasteiger partial charge < -0.3 is 4.90 Å². The van der Waals surface area contributed by atoms with Gasteiger partial charge in [-0.1, -0.05) is 29.8 Å². The lowest BCUT2D eigenvalue weighted by molar-refractivity contribution is 0.0702. The van der Waals surface area contributed by atoms with E-state index in [2.05, 4.69) is 9.71 Å². The van der Waals surface area contributed by atoms with Gasteiger partial charge in [0.15, 0.2) is 0 Å². The van der Waals surface area contributed by atoms with E-state index >= 15 is 0 Å². The molecule has 1 amide bonds. The third kappa shape index (κ3) is 5.11. The van der Waals surface area contributed by atoms with E-state index in [1.165, 1.54) is 6.07 Å². The Bertz CT molecular complexity index is 1160. The quantitative estimate of drug-likeness (QED) is 0.580. The molecule has 6 nitrogen and oxygen atoms in total. The van der Waals surface area contributed by atoms with Crippen molar-refractivity contribution in [3.05, 3.63) is 89.2 Å². The van der Waals surface area contributed by atoms with Crippen LogP contribution in [0.15, 0.2) is 71.9 Å². The number of rotatable bonds is 7. The lowest BCUT2D eigenvalue weighted by Crippen LogP contribution is -2.33. The van der Waals surface area contributed by atoms with E-state index in [0.717, 1.165) is 11.1 Å². The summed E-state index contributed by atoms with van der Waals surface area (Å²) < 4.78 is 28.7. The van der Waals surface area contributed by atoms with Crippen molar-refractivity contribution in [1.29, 1.82) is 0 Å². The zero-order valence-electron chi connectivity index (χ0n) is 18.2. The highest BCUT2D eigenvalue weighted by atomic mass is 32.2. The number of hydrogen-bond donors (Lipinski definition) is 1. The summed E-state index contributed by atoms with van der Waals surface area (Å²) in [5.41, 5.74) is 3.32. The number of carbonyl (C=O) groups excluding carboxylic acids is 1. The summed E-state index contributed by atoms with van der Waals surface area (Å²) in [5, 5.41) is 0. The van der Waals surface area contributed by atoms with Crippen LogP contribution in [0, 0.1) is 13.8 Å². The zero-order chi connectivity index (χ0) is 22.6. The molecule has 0 bridgehead atoms. The standard InChI is InChI=1S/C24H27N3O3S/c1-5-27(19(4)21-7-6-14-25-16-21)24(28)20-11-10-18(3)23(15-20)31(29,30)26-22-12-8-17(2)9-13-22/h6-16,19,26H,5H2,1-4H3. The van der Waals surface area contributed by atoms with Crippen molar-refractivity contribution in [2.75, 3.05) is 11.3 Å². The molecule has 0 fully saturated rings. The number of nitrogens with zero attached hydrogens (tertiary/aromatic N) is 2. The molecule has 3 aromatic rings. The highest BCUT2D eigenvalue weighted by Crippen LogP contribution is 2.25. The number of aromatic nitrogens is 1. The predicted molar refractivity (Wildman–Crippen MR) is 123 cm³/mol. The third-order valence-electron chi connectivity index (χ3n) is 5.26. The number of amides is 1. The molecule has 2 aromatic carbocycles. The third-order valence-corrected chi connectivity index (χ3v) is 6.79. The van der Waals surface area contributed by atoms with Crippen LogP contribution in [0.2, 0.25) is 0 Å². The summed E-state index contributed by atoms with van der Waals surface area (Å²) in [6.45, 7) is 7.96. The van der Waals surface area contributed by atoms with Gasteiger partial charge in [-0.3, -0.25) is 14.5 Å². The number of hydrogen-bond acceptors (Lipinski definition) is 4. The minimum absolute atomic E-state index is 0.0870. The Morgan fingerprint density at radius 3 is 2.42 bits per heavy atom. The minimum Gasteiger partial charge on any atom is -0.332 e. The summed E-state index contributed by atoms with van der Waals surface area (Å²) in [7, 11) is -3.85. The molecule has 0 aliphatic heterocycles. The van der Waals surface area contributed by atoms with Gasteiger partial charge in [-0.15, -0.1) is 0 Å². The molecule has 3 rings (SSSR count). The van der Waals surface area contributed by atoms with Gasteiger partial charge >= 0.3 is 0 Å². The molecule has 0 aliphatic rings. The summed E-state index contributed by atoms with van der Waals surface area (Å²) in [4.78, 5) is 19.2. The summed E-state index contributed by atoms with van der Waals surface area (Å²) in [6, 6.07) is 15.4. The maximum Gasteiger partial charge on any atom is 0.262 e. The molecule has 0 aliphatic carbocycles. The zero-order valence-corrected chi connectivity index (χ0v) is 19.0. The lowest BCUT2D eigenvalue weighted by Gasteiger charge is -2.28. The van der Waals surface area contributed by atoms with Crippen molar-refractivity contribution in [2.45, 2.75) is 38.6 Å². The van der Waals surface area contributed by atoms with Crippen LogP contribution >= 0.6 is 0 Å². The van der Waals surface area contributed by atoms with Gasteiger partial charge in [0.1, 0.15) is 0 Å². The van der Waals surface area contributed by atoms with Crippen LogP contribution < -0.4 is 4.72 Å². The molecule has 7 heteroatoms. The topological polar surface area (TPSA) is 79.4 Å². The highest BCUT2D eigenvalue weighted by molar-refractivity contribution is 7.92. The number of carbonyl (C=O) groups is 1. The first-order valence-electron chi connectivity index (χ1n) is 10.1. The first kappa shape index (κ1) is 22.5. The minimum atomic E-state index is -3.85. The molecule has 0 saturated carbocycles. The number of pyridine rings is 1. The summed E-state index contributed by atoms with van der Waals surface area (Å²) in [5.74, 6) is -0.231. The largest absolute Gasteiger partial charge is 0.332 e. The number of anilines is 1. The van der Waals surface area contributed by atoms with E-state index in [1.807, 2.05) is 45.0 Å². The van der Waals surface area contributed by atoms with Crippen molar-refractivity contribution >= 4 is 21.6 Å². The van der Waals surface area contributed by atoms with Gasteiger partial charge in [0.05, 0.1) is 10.9 Å². The van der Waals surface area contributed by atoms with Gasteiger partial charge in [-0.2, -0.15) is 0 Å². The van der Waals surface area contributed by atoms with Crippen LogP contribution in [0.3, 0.4) is 0 Å². The maximum absolute atomic E-state index is 13.3. The molecule has 31 heavy (non-hydrogen) atoms. The summed E-state index contributed by atoms with van der Waals surface area (Å²) >= 11 is 0. The van der Waals surface area contributed by atoms with E-state index in [0.29, 0.717) is 23.4 Å². The lowest BCUT2D eigenvalue weighted by atomic mass is 10.1. The Hall–Kier alpha value is -3.19.